The van der Waals surface area contributed by atoms with E-state index < -0.39 is 0 Å². The van der Waals surface area contributed by atoms with Crippen LogP contribution >= 0.6 is 0 Å². The predicted octanol–water partition coefficient (Wildman–Crippen LogP) is 10.6. The second-order valence-corrected chi connectivity index (χ2v) is 11.6. The summed E-state index contributed by atoms with van der Waals surface area (Å²) in [6, 6.07) is 44.7. The van der Waals surface area contributed by atoms with Crippen LogP contribution in [0.5, 0.6) is 0 Å². The molecule has 0 bridgehead atoms. The number of nitrogen functional groups attached to an aromatic ring is 1. The number of hydrogen-bond donors (Lipinski definition) is 1. The number of rotatable bonds is 6. The van der Waals surface area contributed by atoms with E-state index in [9.17, 15) is 0 Å². The van der Waals surface area contributed by atoms with Crippen molar-refractivity contribution in [2.45, 2.75) is 12.3 Å². The molecule has 1 aromatic heterocycles. The Kier molecular flexibility index (Phi) is 7.36. The number of nitrogens with two attached hydrogens (primary N) is 1. The lowest BCUT2D eigenvalue weighted by Gasteiger charge is -2.18. The SMILES string of the molecule is Nc1c(N=Nc2ccccc2)ccc2ccc3cc(C4C=CC(c5nc(-c6ccccc6)nc(-c6ccccc6)n5)=CC4)ccc3c12. The number of hydrogen-bond acceptors (Lipinski definition) is 6. The topological polar surface area (TPSA) is 89.4 Å². The van der Waals surface area contributed by atoms with Gasteiger partial charge in [-0.1, -0.05) is 133 Å². The first-order valence-corrected chi connectivity index (χ1v) is 15.7. The molecule has 0 fully saturated rings. The van der Waals surface area contributed by atoms with Gasteiger partial charge in [-0.25, -0.2) is 15.0 Å². The van der Waals surface area contributed by atoms with Gasteiger partial charge in [0.2, 0.25) is 0 Å². The molecule has 6 aromatic carbocycles. The summed E-state index contributed by atoms with van der Waals surface area (Å²) >= 11 is 0. The van der Waals surface area contributed by atoms with Crippen molar-refractivity contribution in [3.8, 4) is 22.8 Å². The van der Waals surface area contributed by atoms with Crippen molar-refractivity contribution in [2.75, 3.05) is 5.73 Å². The molecule has 6 nitrogen and oxygen atoms in total. The third kappa shape index (κ3) is 5.69. The second-order valence-electron chi connectivity index (χ2n) is 11.6. The molecule has 0 saturated heterocycles. The highest BCUT2D eigenvalue weighted by Crippen LogP contribution is 2.39. The van der Waals surface area contributed by atoms with E-state index in [4.69, 9.17) is 20.7 Å². The van der Waals surface area contributed by atoms with Crippen molar-refractivity contribution in [3.63, 3.8) is 0 Å². The summed E-state index contributed by atoms with van der Waals surface area (Å²) in [5.74, 6) is 2.23. The highest BCUT2D eigenvalue weighted by molar-refractivity contribution is 6.15. The molecule has 2 N–H and O–H groups in total. The van der Waals surface area contributed by atoms with Gasteiger partial charge >= 0.3 is 0 Å². The molecule has 1 heterocycles. The van der Waals surface area contributed by atoms with Crippen LogP contribution < -0.4 is 5.73 Å². The Labute approximate surface area is 272 Å². The minimum absolute atomic E-state index is 0.228. The van der Waals surface area contributed by atoms with E-state index in [0.29, 0.717) is 28.8 Å². The van der Waals surface area contributed by atoms with Gasteiger partial charge in [0.15, 0.2) is 17.5 Å². The summed E-state index contributed by atoms with van der Waals surface area (Å²) in [5, 5.41) is 13.2. The van der Waals surface area contributed by atoms with E-state index in [1.165, 1.54) is 5.56 Å². The van der Waals surface area contributed by atoms with Crippen molar-refractivity contribution in [1.29, 1.82) is 0 Å². The Hall–Kier alpha value is -6.27. The molecule has 0 aliphatic heterocycles. The smallest absolute Gasteiger partial charge is 0.164 e. The summed E-state index contributed by atoms with van der Waals surface area (Å²) < 4.78 is 0. The highest BCUT2D eigenvalue weighted by Gasteiger charge is 2.18. The molecule has 1 aliphatic rings. The molecule has 47 heavy (non-hydrogen) atoms. The molecule has 1 atom stereocenters. The molecule has 1 aliphatic carbocycles. The third-order valence-corrected chi connectivity index (χ3v) is 8.56. The zero-order valence-electron chi connectivity index (χ0n) is 25.5. The van der Waals surface area contributed by atoms with Gasteiger partial charge in [-0.15, -0.1) is 5.11 Å². The molecule has 224 valence electrons. The van der Waals surface area contributed by atoms with Gasteiger partial charge in [0.1, 0.15) is 5.69 Å². The van der Waals surface area contributed by atoms with Gasteiger partial charge in [-0.05, 0) is 46.3 Å². The number of allylic oxidation sites excluding steroid dienone is 4. The van der Waals surface area contributed by atoms with Gasteiger partial charge < -0.3 is 5.73 Å². The predicted molar refractivity (Wildman–Crippen MR) is 192 cm³/mol. The van der Waals surface area contributed by atoms with Crippen molar-refractivity contribution >= 4 is 44.2 Å². The van der Waals surface area contributed by atoms with Crippen LogP contribution in [-0.2, 0) is 0 Å². The first kappa shape index (κ1) is 28.2. The molecular weight excluding hydrogens is 576 g/mol. The van der Waals surface area contributed by atoms with Gasteiger partial charge in [-0.3, -0.25) is 0 Å². The first-order valence-electron chi connectivity index (χ1n) is 15.7. The molecule has 0 spiro atoms. The van der Waals surface area contributed by atoms with Crippen molar-refractivity contribution in [2.24, 2.45) is 10.2 Å². The standard InChI is InChI=1S/C41H30N6/c42-38-36(47-46-34-14-8-3-9-15-34)25-23-28-18-21-33-26-32(22-24-35(33)37(28)38)27-16-19-31(20-17-27)41-44-39(29-10-4-1-5-11-29)43-40(45-41)30-12-6-2-7-13-30/h1-16,18-27H,17,42H2. The fourth-order valence-electron chi connectivity index (χ4n) is 6.09. The van der Waals surface area contributed by atoms with Gasteiger partial charge in [0.05, 0.1) is 11.4 Å². The van der Waals surface area contributed by atoms with Crippen molar-refractivity contribution in [3.05, 3.63) is 163 Å². The van der Waals surface area contributed by atoms with E-state index >= 15 is 0 Å². The lowest BCUT2D eigenvalue weighted by Crippen LogP contribution is -2.05. The second kappa shape index (κ2) is 12.3. The molecule has 1 unspecified atom stereocenters. The number of nitrogens with zero attached hydrogens (tertiary/aromatic N) is 5. The minimum atomic E-state index is 0.228. The van der Waals surface area contributed by atoms with E-state index in [-0.39, 0.29) is 5.92 Å². The fraction of sp³-hybridized carbons (Fsp3) is 0.0488. The molecule has 0 saturated carbocycles. The highest BCUT2D eigenvalue weighted by atomic mass is 15.1. The van der Waals surface area contributed by atoms with Crippen LogP contribution in [0.15, 0.2) is 162 Å². The maximum atomic E-state index is 6.71. The first-order chi connectivity index (χ1) is 23.2. The molecule has 0 amide bonds. The zero-order chi connectivity index (χ0) is 31.6. The Bertz CT molecular complexity index is 2270. The quantitative estimate of drug-likeness (QED) is 0.116. The minimum Gasteiger partial charge on any atom is -0.396 e. The number of fused-ring (bicyclic) bond motifs is 3. The van der Waals surface area contributed by atoms with Crippen molar-refractivity contribution < 1.29 is 0 Å². The van der Waals surface area contributed by atoms with E-state index in [0.717, 1.165) is 50.4 Å². The monoisotopic (exact) mass is 606 g/mol. The summed E-state index contributed by atoms with van der Waals surface area (Å²) in [7, 11) is 0. The van der Waals surface area contributed by atoms with Gasteiger partial charge in [-0.2, -0.15) is 5.11 Å². The summed E-state index contributed by atoms with van der Waals surface area (Å²) in [6.07, 6.45) is 7.46. The number of anilines is 1. The average molecular weight is 607 g/mol. The lowest BCUT2D eigenvalue weighted by molar-refractivity contribution is 0.855. The maximum Gasteiger partial charge on any atom is 0.164 e. The van der Waals surface area contributed by atoms with E-state index in [2.05, 4.69) is 64.9 Å². The van der Waals surface area contributed by atoms with Crippen LogP contribution in [0, 0.1) is 0 Å². The lowest BCUT2D eigenvalue weighted by atomic mass is 9.88. The normalized spacial score (nSPS) is 14.6. The Morgan fingerprint density at radius 1 is 0.596 bits per heavy atom. The molecule has 6 heteroatoms. The summed E-state index contributed by atoms with van der Waals surface area (Å²) in [6.45, 7) is 0. The Morgan fingerprint density at radius 3 is 1.87 bits per heavy atom. The largest absolute Gasteiger partial charge is 0.396 e. The van der Waals surface area contributed by atoms with Crippen LogP contribution in [-0.4, -0.2) is 15.0 Å². The van der Waals surface area contributed by atoms with Gasteiger partial charge in [0.25, 0.3) is 0 Å². The summed E-state index contributed by atoms with van der Waals surface area (Å²) in [5.41, 5.74) is 12.9. The maximum absolute atomic E-state index is 6.71. The average Bonchev–Trinajstić information content (AvgIpc) is 3.15. The van der Waals surface area contributed by atoms with Crippen LogP contribution in [0.1, 0.15) is 23.7 Å². The Balaban J connectivity index is 1.10. The number of aromatic nitrogens is 3. The third-order valence-electron chi connectivity index (χ3n) is 8.56. The Morgan fingerprint density at radius 2 is 1.21 bits per heavy atom. The van der Waals surface area contributed by atoms with E-state index in [1.54, 1.807) is 0 Å². The number of benzene rings is 6. The van der Waals surface area contributed by atoms with Gasteiger partial charge in [0, 0.05) is 28.0 Å². The van der Waals surface area contributed by atoms with Crippen LogP contribution in [0.3, 0.4) is 0 Å². The van der Waals surface area contributed by atoms with E-state index in [1.807, 2.05) is 97.1 Å². The zero-order valence-corrected chi connectivity index (χ0v) is 25.5. The fourth-order valence-corrected chi connectivity index (χ4v) is 6.09. The van der Waals surface area contributed by atoms with Crippen LogP contribution in [0.25, 0.3) is 49.9 Å². The van der Waals surface area contributed by atoms with Crippen LogP contribution in [0.2, 0.25) is 0 Å². The van der Waals surface area contributed by atoms with Crippen LogP contribution in [0.4, 0.5) is 17.1 Å². The molecule has 0 radical (unpaired) electrons. The number of azo groups is 1. The molecular formula is C41H30N6. The van der Waals surface area contributed by atoms with Crippen molar-refractivity contribution in [1.82, 2.24) is 15.0 Å². The molecule has 8 rings (SSSR count). The summed E-state index contributed by atoms with van der Waals surface area (Å²) in [4.78, 5) is 14.6. The molecule has 7 aromatic rings.